The summed E-state index contributed by atoms with van der Waals surface area (Å²) in [5.74, 6) is 0.485. The molecule has 0 saturated heterocycles. The number of nitrogens with zero attached hydrogens (tertiary/aromatic N) is 3. The van der Waals surface area contributed by atoms with Crippen molar-refractivity contribution < 1.29 is 22.3 Å². The minimum Gasteiger partial charge on any atom is -0.487 e. The highest BCUT2D eigenvalue weighted by atomic mass is 19.4. The van der Waals surface area contributed by atoms with E-state index in [4.69, 9.17) is 9.15 Å². The molecule has 2 aromatic heterocycles. The van der Waals surface area contributed by atoms with Crippen molar-refractivity contribution in [3.8, 4) is 5.75 Å². The van der Waals surface area contributed by atoms with Crippen molar-refractivity contribution in [1.82, 2.24) is 15.0 Å². The molecule has 2 aromatic carbocycles. The molecule has 4 aromatic rings. The second-order valence-corrected chi connectivity index (χ2v) is 6.35. The van der Waals surface area contributed by atoms with Crippen LogP contribution >= 0.6 is 0 Å². The molecule has 0 saturated carbocycles. The summed E-state index contributed by atoms with van der Waals surface area (Å²) in [6.45, 7) is 0.253. The van der Waals surface area contributed by atoms with Crippen LogP contribution in [0.15, 0.2) is 70.0 Å². The number of aromatic nitrogens is 3. The van der Waals surface area contributed by atoms with E-state index in [0.717, 1.165) is 17.5 Å². The van der Waals surface area contributed by atoms with Crippen molar-refractivity contribution in [3.05, 3.63) is 88.0 Å². The van der Waals surface area contributed by atoms with Gasteiger partial charge in [0.15, 0.2) is 0 Å². The molecule has 0 bridgehead atoms. The molecule has 0 aliphatic rings. The summed E-state index contributed by atoms with van der Waals surface area (Å²) < 4.78 is 50.6. The Kier molecular flexibility index (Phi) is 4.79. The lowest BCUT2D eigenvalue weighted by Crippen LogP contribution is -2.07. The Balaban J connectivity index is 1.43. The summed E-state index contributed by atoms with van der Waals surface area (Å²) in [5, 5.41) is 8.66. The predicted molar refractivity (Wildman–Crippen MR) is 97.4 cm³/mol. The number of benzene rings is 2. The lowest BCUT2D eigenvalue weighted by molar-refractivity contribution is -0.137. The largest absolute Gasteiger partial charge is 0.487 e. The summed E-state index contributed by atoms with van der Waals surface area (Å²) in [4.78, 5) is 11.3. The summed E-state index contributed by atoms with van der Waals surface area (Å²) in [5.41, 5.74) is 0.213. The molecule has 148 valence electrons. The van der Waals surface area contributed by atoms with Gasteiger partial charge in [-0.25, -0.2) is 9.48 Å². The minimum absolute atomic E-state index is 0.102. The van der Waals surface area contributed by atoms with E-state index >= 15 is 0 Å². The fourth-order valence-corrected chi connectivity index (χ4v) is 2.80. The molecule has 0 radical (unpaired) electrons. The Morgan fingerprint density at radius 2 is 1.90 bits per heavy atom. The van der Waals surface area contributed by atoms with Gasteiger partial charge in [0.2, 0.25) is 0 Å². The van der Waals surface area contributed by atoms with E-state index in [1.54, 1.807) is 36.5 Å². The molecule has 6 nitrogen and oxygen atoms in total. The van der Waals surface area contributed by atoms with Gasteiger partial charge in [-0.1, -0.05) is 17.3 Å². The smallest absolute Gasteiger partial charge is 0.416 e. The first-order valence-electron chi connectivity index (χ1n) is 8.59. The van der Waals surface area contributed by atoms with Crippen LogP contribution in [0.5, 0.6) is 5.75 Å². The van der Waals surface area contributed by atoms with E-state index in [1.165, 1.54) is 16.8 Å². The second-order valence-electron chi connectivity index (χ2n) is 6.35. The predicted octanol–water partition coefficient (Wildman–Crippen LogP) is 4.03. The molecule has 9 heteroatoms. The zero-order valence-electron chi connectivity index (χ0n) is 14.9. The van der Waals surface area contributed by atoms with E-state index in [0.29, 0.717) is 22.6 Å². The molecule has 0 N–H and O–H groups in total. The lowest BCUT2D eigenvalue weighted by atomic mass is 10.1. The van der Waals surface area contributed by atoms with Crippen molar-refractivity contribution in [2.75, 3.05) is 0 Å². The molecule has 29 heavy (non-hydrogen) atoms. The fourth-order valence-electron chi connectivity index (χ4n) is 2.80. The van der Waals surface area contributed by atoms with Crippen molar-refractivity contribution in [2.24, 2.45) is 0 Å². The van der Waals surface area contributed by atoms with Crippen LogP contribution in [-0.4, -0.2) is 15.0 Å². The average molecular weight is 401 g/mol. The van der Waals surface area contributed by atoms with E-state index in [-0.39, 0.29) is 13.2 Å². The molecular weight excluding hydrogens is 387 g/mol. The molecule has 0 unspecified atom stereocenters. The number of rotatable bonds is 5. The van der Waals surface area contributed by atoms with Gasteiger partial charge in [0.05, 0.1) is 18.3 Å². The lowest BCUT2D eigenvalue weighted by Gasteiger charge is -2.08. The number of alkyl halides is 3. The van der Waals surface area contributed by atoms with E-state index in [2.05, 4.69) is 10.3 Å². The topological polar surface area (TPSA) is 70.2 Å². The molecule has 2 heterocycles. The standard InChI is InChI=1S/C20H14F3N3O3/c21-20(22,23)15-3-1-2-13(8-15)10-26-11-16(24-25-26)12-28-17-6-4-14-5-7-19(27)29-18(14)9-17/h1-9,11H,10,12H2. The third-order valence-electron chi connectivity index (χ3n) is 4.17. The first kappa shape index (κ1) is 18.7. The maximum Gasteiger partial charge on any atom is 0.416 e. The number of hydrogen-bond acceptors (Lipinski definition) is 5. The van der Waals surface area contributed by atoms with Gasteiger partial charge in [-0.3, -0.25) is 0 Å². The zero-order chi connectivity index (χ0) is 20.4. The van der Waals surface area contributed by atoms with Crippen molar-refractivity contribution >= 4 is 11.0 Å². The second kappa shape index (κ2) is 7.42. The normalized spacial score (nSPS) is 11.7. The van der Waals surface area contributed by atoms with E-state index in [1.807, 2.05) is 0 Å². The monoisotopic (exact) mass is 401 g/mol. The molecule has 0 atom stereocenters. The van der Waals surface area contributed by atoms with Crippen LogP contribution in [0.1, 0.15) is 16.8 Å². The van der Waals surface area contributed by atoms with E-state index < -0.39 is 17.4 Å². The number of fused-ring (bicyclic) bond motifs is 1. The van der Waals surface area contributed by atoms with Crippen molar-refractivity contribution in [2.45, 2.75) is 19.3 Å². The highest BCUT2D eigenvalue weighted by molar-refractivity contribution is 5.77. The Labute approximate surface area is 162 Å². The highest BCUT2D eigenvalue weighted by Crippen LogP contribution is 2.29. The number of hydrogen-bond donors (Lipinski definition) is 0. The Morgan fingerprint density at radius 1 is 1.07 bits per heavy atom. The van der Waals surface area contributed by atoms with Gasteiger partial charge in [0, 0.05) is 17.5 Å². The quantitative estimate of drug-likeness (QED) is 0.472. The van der Waals surface area contributed by atoms with Crippen LogP contribution in [0.25, 0.3) is 11.0 Å². The van der Waals surface area contributed by atoms with Crippen LogP contribution < -0.4 is 10.4 Å². The van der Waals surface area contributed by atoms with Crippen molar-refractivity contribution in [1.29, 1.82) is 0 Å². The summed E-state index contributed by atoms with van der Waals surface area (Å²) in [6, 6.07) is 13.1. The molecule has 0 fully saturated rings. The first-order chi connectivity index (χ1) is 13.9. The molecule has 0 amide bonds. The maximum atomic E-state index is 12.8. The Morgan fingerprint density at radius 3 is 2.72 bits per heavy atom. The van der Waals surface area contributed by atoms with Crippen LogP contribution in [0.2, 0.25) is 0 Å². The molecule has 4 rings (SSSR count). The third kappa shape index (κ3) is 4.45. The molecule has 0 aliphatic heterocycles. The maximum absolute atomic E-state index is 12.8. The highest BCUT2D eigenvalue weighted by Gasteiger charge is 2.30. The summed E-state index contributed by atoms with van der Waals surface area (Å²) in [6.07, 6.45) is -2.79. The number of ether oxygens (including phenoxy) is 1. The average Bonchev–Trinajstić information content (AvgIpc) is 3.13. The van der Waals surface area contributed by atoms with Gasteiger partial charge < -0.3 is 9.15 Å². The van der Waals surface area contributed by atoms with Crippen LogP contribution in [0, 0.1) is 0 Å². The van der Waals surface area contributed by atoms with Gasteiger partial charge in [-0.15, -0.1) is 5.10 Å². The van der Waals surface area contributed by atoms with Crippen molar-refractivity contribution in [3.63, 3.8) is 0 Å². The fraction of sp³-hybridized carbons (Fsp3) is 0.150. The molecule has 0 spiro atoms. The van der Waals surface area contributed by atoms with Gasteiger partial charge in [0.1, 0.15) is 23.6 Å². The van der Waals surface area contributed by atoms with E-state index in [9.17, 15) is 18.0 Å². The SMILES string of the molecule is O=c1ccc2ccc(OCc3cn(Cc4cccc(C(F)(F)F)c4)nn3)cc2o1. The summed E-state index contributed by atoms with van der Waals surface area (Å²) in [7, 11) is 0. The zero-order valence-corrected chi connectivity index (χ0v) is 14.9. The van der Waals surface area contributed by atoms with Crippen LogP contribution in [-0.2, 0) is 19.3 Å². The number of halogens is 3. The minimum atomic E-state index is -4.39. The Bertz CT molecular complexity index is 1210. The van der Waals surface area contributed by atoms with Crippen LogP contribution in [0.4, 0.5) is 13.2 Å². The van der Waals surface area contributed by atoms with Crippen LogP contribution in [0.3, 0.4) is 0 Å². The Hall–Kier alpha value is -3.62. The molecular formula is C20H14F3N3O3. The first-order valence-corrected chi connectivity index (χ1v) is 8.59. The van der Waals surface area contributed by atoms with Gasteiger partial charge in [0.25, 0.3) is 0 Å². The van der Waals surface area contributed by atoms with Gasteiger partial charge >= 0.3 is 11.8 Å². The third-order valence-corrected chi connectivity index (χ3v) is 4.17. The van der Waals surface area contributed by atoms with Gasteiger partial charge in [-0.2, -0.15) is 13.2 Å². The van der Waals surface area contributed by atoms with Gasteiger partial charge in [-0.05, 0) is 35.9 Å². The summed E-state index contributed by atoms with van der Waals surface area (Å²) >= 11 is 0. The molecule has 0 aliphatic carbocycles.